The molecule has 0 unspecified atom stereocenters. The quantitative estimate of drug-likeness (QED) is 0.881. The summed E-state index contributed by atoms with van der Waals surface area (Å²) in [4.78, 5) is 27.1. The number of amides is 2. The van der Waals surface area contributed by atoms with Crippen molar-refractivity contribution in [2.24, 2.45) is 5.92 Å². The first kappa shape index (κ1) is 17.2. The Labute approximate surface area is 148 Å². The molecule has 1 aliphatic heterocycles. The van der Waals surface area contributed by atoms with Crippen LogP contribution < -0.4 is 5.32 Å². The molecule has 2 aromatic rings. The molecular weight excluding hydrogens is 312 g/mol. The minimum atomic E-state index is -0.448. The SMILES string of the molecule is CC(C)[C@H](C(=O)NCCc1ccccc1)N1Cc2ccccc2C1=O. The van der Waals surface area contributed by atoms with E-state index in [1.54, 1.807) is 4.90 Å². The molecule has 0 fully saturated rings. The van der Waals surface area contributed by atoms with Crippen molar-refractivity contribution < 1.29 is 9.59 Å². The molecule has 3 rings (SSSR count). The maximum absolute atomic E-state index is 12.8. The zero-order chi connectivity index (χ0) is 17.8. The van der Waals surface area contributed by atoms with Gasteiger partial charge in [-0.3, -0.25) is 9.59 Å². The minimum absolute atomic E-state index is 0.0486. The first-order chi connectivity index (χ1) is 12.1. The molecule has 0 spiro atoms. The Bertz CT molecular complexity index is 756. The van der Waals surface area contributed by atoms with E-state index in [9.17, 15) is 9.59 Å². The fourth-order valence-electron chi connectivity index (χ4n) is 3.38. The Morgan fingerprint density at radius 2 is 1.76 bits per heavy atom. The molecule has 4 heteroatoms. The number of rotatable bonds is 6. The Morgan fingerprint density at radius 1 is 1.08 bits per heavy atom. The van der Waals surface area contributed by atoms with Gasteiger partial charge < -0.3 is 10.2 Å². The van der Waals surface area contributed by atoms with Gasteiger partial charge in [-0.1, -0.05) is 62.4 Å². The summed E-state index contributed by atoms with van der Waals surface area (Å²) in [6.07, 6.45) is 0.783. The first-order valence-corrected chi connectivity index (χ1v) is 8.78. The van der Waals surface area contributed by atoms with Crippen molar-refractivity contribution in [3.05, 3.63) is 71.3 Å². The minimum Gasteiger partial charge on any atom is -0.354 e. The number of nitrogens with zero attached hydrogens (tertiary/aromatic N) is 1. The second-order valence-corrected chi connectivity index (χ2v) is 6.81. The van der Waals surface area contributed by atoms with Gasteiger partial charge in [0.1, 0.15) is 6.04 Å². The van der Waals surface area contributed by atoms with Crippen LogP contribution in [0.2, 0.25) is 0 Å². The van der Waals surface area contributed by atoms with Crippen LogP contribution in [0.1, 0.15) is 35.3 Å². The summed E-state index contributed by atoms with van der Waals surface area (Å²) in [5, 5.41) is 3.00. The zero-order valence-corrected chi connectivity index (χ0v) is 14.7. The van der Waals surface area contributed by atoms with Crippen LogP contribution in [0.4, 0.5) is 0 Å². The Kier molecular flexibility index (Phi) is 5.17. The van der Waals surface area contributed by atoms with Crippen LogP contribution in [-0.4, -0.2) is 29.3 Å². The van der Waals surface area contributed by atoms with E-state index in [0.717, 1.165) is 12.0 Å². The fourth-order valence-corrected chi connectivity index (χ4v) is 3.38. The van der Waals surface area contributed by atoms with Gasteiger partial charge >= 0.3 is 0 Å². The van der Waals surface area contributed by atoms with Crippen LogP contribution in [0.5, 0.6) is 0 Å². The Balaban J connectivity index is 1.65. The van der Waals surface area contributed by atoms with Crippen molar-refractivity contribution in [1.82, 2.24) is 10.2 Å². The standard InChI is InChI=1S/C21H24N2O2/c1-15(2)19(20(24)22-13-12-16-8-4-3-5-9-16)23-14-17-10-6-7-11-18(17)21(23)25/h3-11,15,19H,12-14H2,1-2H3,(H,22,24)/t19-/m1/s1. The molecule has 0 radical (unpaired) electrons. The van der Waals surface area contributed by atoms with Gasteiger partial charge in [0, 0.05) is 18.7 Å². The molecular formula is C21H24N2O2. The van der Waals surface area contributed by atoms with Crippen LogP contribution in [0.3, 0.4) is 0 Å². The van der Waals surface area contributed by atoms with Crippen LogP contribution in [-0.2, 0) is 17.8 Å². The molecule has 25 heavy (non-hydrogen) atoms. The monoisotopic (exact) mass is 336 g/mol. The number of nitrogens with one attached hydrogen (secondary N) is 1. The molecule has 1 atom stereocenters. The average Bonchev–Trinajstić information content (AvgIpc) is 2.93. The lowest BCUT2D eigenvalue weighted by Gasteiger charge is -2.30. The Morgan fingerprint density at radius 3 is 2.44 bits per heavy atom. The molecule has 2 amide bonds. The van der Waals surface area contributed by atoms with Crippen LogP contribution >= 0.6 is 0 Å². The highest BCUT2D eigenvalue weighted by Crippen LogP contribution is 2.27. The second kappa shape index (κ2) is 7.51. The van der Waals surface area contributed by atoms with Crippen molar-refractivity contribution in [3.63, 3.8) is 0 Å². The zero-order valence-electron chi connectivity index (χ0n) is 14.7. The first-order valence-electron chi connectivity index (χ1n) is 8.78. The number of fused-ring (bicyclic) bond motifs is 1. The van der Waals surface area contributed by atoms with E-state index in [-0.39, 0.29) is 17.7 Å². The summed E-state index contributed by atoms with van der Waals surface area (Å²) in [5.41, 5.74) is 2.90. The van der Waals surface area contributed by atoms with E-state index in [4.69, 9.17) is 0 Å². The van der Waals surface area contributed by atoms with Gasteiger partial charge in [0.25, 0.3) is 5.91 Å². The molecule has 4 nitrogen and oxygen atoms in total. The van der Waals surface area contributed by atoms with E-state index in [1.165, 1.54) is 5.56 Å². The van der Waals surface area contributed by atoms with Crippen molar-refractivity contribution >= 4 is 11.8 Å². The van der Waals surface area contributed by atoms with Crippen molar-refractivity contribution in [2.75, 3.05) is 6.54 Å². The molecule has 1 heterocycles. The summed E-state index contributed by atoms with van der Waals surface area (Å²) in [6.45, 7) is 5.04. The van der Waals surface area contributed by atoms with E-state index >= 15 is 0 Å². The number of hydrogen-bond acceptors (Lipinski definition) is 2. The van der Waals surface area contributed by atoms with Gasteiger partial charge in [0.15, 0.2) is 0 Å². The summed E-state index contributed by atoms with van der Waals surface area (Å²) in [7, 11) is 0. The van der Waals surface area contributed by atoms with Crippen molar-refractivity contribution in [2.45, 2.75) is 32.9 Å². The van der Waals surface area contributed by atoms with Gasteiger partial charge in [-0.15, -0.1) is 0 Å². The normalized spacial score (nSPS) is 14.5. The molecule has 0 aliphatic carbocycles. The van der Waals surface area contributed by atoms with Crippen LogP contribution in [0.25, 0.3) is 0 Å². The lowest BCUT2D eigenvalue weighted by molar-refractivity contribution is -0.127. The van der Waals surface area contributed by atoms with E-state index in [1.807, 2.05) is 68.4 Å². The van der Waals surface area contributed by atoms with Gasteiger partial charge in [0.2, 0.25) is 5.91 Å². The largest absolute Gasteiger partial charge is 0.354 e. The highest BCUT2D eigenvalue weighted by molar-refractivity contribution is 6.01. The van der Waals surface area contributed by atoms with E-state index in [2.05, 4.69) is 5.32 Å². The molecule has 2 aromatic carbocycles. The molecule has 130 valence electrons. The number of carbonyl (C=O) groups is 2. The lowest BCUT2D eigenvalue weighted by atomic mass is 10.0. The maximum atomic E-state index is 12.8. The summed E-state index contributed by atoms with van der Waals surface area (Å²) in [6, 6.07) is 17.2. The predicted molar refractivity (Wildman–Crippen MR) is 98.1 cm³/mol. The van der Waals surface area contributed by atoms with E-state index < -0.39 is 6.04 Å². The topological polar surface area (TPSA) is 49.4 Å². The molecule has 0 saturated heterocycles. The Hall–Kier alpha value is -2.62. The van der Waals surface area contributed by atoms with Crippen LogP contribution in [0, 0.1) is 5.92 Å². The summed E-state index contributed by atoms with van der Waals surface area (Å²) in [5.74, 6) is -0.0745. The van der Waals surface area contributed by atoms with E-state index in [0.29, 0.717) is 18.7 Å². The molecule has 0 saturated carbocycles. The molecule has 0 bridgehead atoms. The van der Waals surface area contributed by atoms with Gasteiger partial charge in [-0.05, 0) is 29.5 Å². The third-order valence-corrected chi connectivity index (χ3v) is 4.64. The third kappa shape index (κ3) is 3.73. The number of hydrogen-bond donors (Lipinski definition) is 1. The van der Waals surface area contributed by atoms with Crippen molar-refractivity contribution in [3.8, 4) is 0 Å². The molecule has 0 aromatic heterocycles. The average molecular weight is 336 g/mol. The smallest absolute Gasteiger partial charge is 0.255 e. The summed E-state index contributed by atoms with van der Waals surface area (Å²) >= 11 is 0. The van der Waals surface area contributed by atoms with Gasteiger partial charge in [-0.2, -0.15) is 0 Å². The molecule has 1 aliphatic rings. The predicted octanol–water partition coefficient (Wildman–Crippen LogP) is 3.03. The highest BCUT2D eigenvalue weighted by atomic mass is 16.2. The summed E-state index contributed by atoms with van der Waals surface area (Å²) < 4.78 is 0. The fraction of sp³-hybridized carbons (Fsp3) is 0.333. The second-order valence-electron chi connectivity index (χ2n) is 6.81. The van der Waals surface area contributed by atoms with Crippen molar-refractivity contribution in [1.29, 1.82) is 0 Å². The third-order valence-electron chi connectivity index (χ3n) is 4.64. The lowest BCUT2D eigenvalue weighted by Crippen LogP contribution is -2.50. The highest BCUT2D eigenvalue weighted by Gasteiger charge is 2.37. The maximum Gasteiger partial charge on any atom is 0.255 e. The number of carbonyl (C=O) groups excluding carboxylic acids is 2. The molecule has 1 N–H and O–H groups in total. The van der Waals surface area contributed by atoms with Gasteiger partial charge in [0.05, 0.1) is 0 Å². The van der Waals surface area contributed by atoms with Crippen LogP contribution in [0.15, 0.2) is 54.6 Å². The number of benzene rings is 2. The van der Waals surface area contributed by atoms with Gasteiger partial charge in [-0.25, -0.2) is 0 Å².